The quantitative estimate of drug-likeness (QED) is 0.610. The van der Waals surface area contributed by atoms with E-state index in [2.05, 4.69) is 26.6 Å². The van der Waals surface area contributed by atoms with Gasteiger partial charge in [0, 0.05) is 10.2 Å². The van der Waals surface area contributed by atoms with Crippen molar-refractivity contribution in [1.29, 1.82) is 0 Å². The highest BCUT2D eigenvalue weighted by molar-refractivity contribution is 9.10. The average Bonchev–Trinajstić information content (AvgIpc) is 3.07. The summed E-state index contributed by atoms with van der Waals surface area (Å²) in [5, 5.41) is 7.04. The molecule has 0 spiro atoms. The summed E-state index contributed by atoms with van der Waals surface area (Å²) >= 11 is 8.90. The van der Waals surface area contributed by atoms with E-state index >= 15 is 0 Å². The standard InChI is InChI=1S/C18H15BrN2OS/c19-14-8-4-9-15(12-14)20-18(23)21-17(16-10-5-11-22-16)13-6-2-1-3-7-13/h1-12,17H,(H2,20,21,23)/t17-/m1/s1. The molecule has 23 heavy (non-hydrogen) atoms. The fourth-order valence-electron chi connectivity index (χ4n) is 2.28. The molecule has 1 atom stereocenters. The topological polar surface area (TPSA) is 37.2 Å². The van der Waals surface area contributed by atoms with Crippen LogP contribution < -0.4 is 10.6 Å². The van der Waals surface area contributed by atoms with Crippen LogP contribution in [0.15, 0.2) is 81.9 Å². The van der Waals surface area contributed by atoms with Gasteiger partial charge in [-0.3, -0.25) is 0 Å². The van der Waals surface area contributed by atoms with Gasteiger partial charge in [-0.25, -0.2) is 0 Å². The van der Waals surface area contributed by atoms with Crippen molar-refractivity contribution < 1.29 is 4.42 Å². The molecule has 3 nitrogen and oxygen atoms in total. The van der Waals surface area contributed by atoms with Gasteiger partial charge in [0.15, 0.2) is 5.11 Å². The Bertz CT molecular complexity index is 775. The molecule has 3 aromatic rings. The van der Waals surface area contributed by atoms with E-state index in [1.807, 2.05) is 66.7 Å². The molecule has 0 unspecified atom stereocenters. The lowest BCUT2D eigenvalue weighted by Crippen LogP contribution is -2.32. The van der Waals surface area contributed by atoms with Gasteiger partial charge in [-0.1, -0.05) is 52.3 Å². The molecule has 0 aliphatic heterocycles. The minimum absolute atomic E-state index is 0.140. The van der Waals surface area contributed by atoms with Crippen LogP contribution in [0.4, 0.5) is 5.69 Å². The van der Waals surface area contributed by atoms with Crippen LogP contribution in [0, 0.1) is 0 Å². The zero-order valence-electron chi connectivity index (χ0n) is 12.2. The molecule has 0 saturated carbocycles. The van der Waals surface area contributed by atoms with Crippen LogP contribution in [0.5, 0.6) is 0 Å². The summed E-state index contributed by atoms with van der Waals surface area (Å²) in [6.07, 6.45) is 1.66. The summed E-state index contributed by atoms with van der Waals surface area (Å²) in [5.41, 5.74) is 2.00. The normalized spacial score (nSPS) is 11.7. The predicted molar refractivity (Wildman–Crippen MR) is 100 cm³/mol. The largest absolute Gasteiger partial charge is 0.467 e. The maximum atomic E-state index is 5.56. The van der Waals surface area contributed by atoms with Gasteiger partial charge >= 0.3 is 0 Å². The second kappa shape index (κ2) is 7.44. The van der Waals surface area contributed by atoms with E-state index in [-0.39, 0.29) is 6.04 Å². The van der Waals surface area contributed by atoms with Gasteiger partial charge in [0.1, 0.15) is 11.8 Å². The van der Waals surface area contributed by atoms with Crippen LogP contribution in [0.2, 0.25) is 0 Å². The molecule has 0 radical (unpaired) electrons. The molecular formula is C18H15BrN2OS. The first-order valence-electron chi connectivity index (χ1n) is 7.14. The number of benzene rings is 2. The van der Waals surface area contributed by atoms with Crippen molar-refractivity contribution in [3.05, 3.63) is 88.8 Å². The maximum Gasteiger partial charge on any atom is 0.171 e. The Morgan fingerprint density at radius 3 is 2.52 bits per heavy atom. The van der Waals surface area contributed by atoms with Gasteiger partial charge in [0.2, 0.25) is 0 Å². The van der Waals surface area contributed by atoms with Crippen LogP contribution >= 0.6 is 28.1 Å². The van der Waals surface area contributed by atoms with Crippen molar-refractivity contribution in [1.82, 2.24) is 5.32 Å². The van der Waals surface area contributed by atoms with Gasteiger partial charge in [-0.05, 0) is 48.1 Å². The summed E-state index contributed by atoms with van der Waals surface area (Å²) in [4.78, 5) is 0. The molecule has 5 heteroatoms. The predicted octanol–water partition coefficient (Wildman–Crippen LogP) is 5.12. The third-order valence-electron chi connectivity index (χ3n) is 3.32. The molecule has 0 aliphatic rings. The Balaban J connectivity index is 1.77. The van der Waals surface area contributed by atoms with E-state index in [0.717, 1.165) is 21.5 Å². The number of hydrogen-bond donors (Lipinski definition) is 2. The van der Waals surface area contributed by atoms with Gasteiger partial charge in [-0.15, -0.1) is 0 Å². The smallest absolute Gasteiger partial charge is 0.171 e. The average molecular weight is 387 g/mol. The van der Waals surface area contributed by atoms with E-state index in [1.54, 1.807) is 6.26 Å². The molecule has 116 valence electrons. The van der Waals surface area contributed by atoms with Crippen molar-refractivity contribution in [3.8, 4) is 0 Å². The summed E-state index contributed by atoms with van der Waals surface area (Å²) in [7, 11) is 0. The lowest BCUT2D eigenvalue weighted by molar-refractivity contribution is 0.476. The van der Waals surface area contributed by atoms with Crippen molar-refractivity contribution in [2.45, 2.75) is 6.04 Å². The molecule has 1 aromatic heterocycles. The second-order valence-electron chi connectivity index (χ2n) is 4.97. The number of hydrogen-bond acceptors (Lipinski definition) is 2. The zero-order chi connectivity index (χ0) is 16.1. The van der Waals surface area contributed by atoms with Crippen molar-refractivity contribution >= 4 is 38.9 Å². The van der Waals surface area contributed by atoms with Gasteiger partial charge in [0.25, 0.3) is 0 Å². The third-order valence-corrected chi connectivity index (χ3v) is 4.03. The maximum absolute atomic E-state index is 5.56. The highest BCUT2D eigenvalue weighted by atomic mass is 79.9. The molecule has 0 saturated heterocycles. The minimum atomic E-state index is -0.140. The highest BCUT2D eigenvalue weighted by Gasteiger charge is 2.17. The van der Waals surface area contributed by atoms with Crippen LogP contribution in [0.3, 0.4) is 0 Å². The monoisotopic (exact) mass is 386 g/mol. The van der Waals surface area contributed by atoms with E-state index < -0.39 is 0 Å². The number of nitrogens with one attached hydrogen (secondary N) is 2. The van der Waals surface area contributed by atoms with Crippen molar-refractivity contribution in [2.24, 2.45) is 0 Å². The van der Waals surface area contributed by atoms with E-state index in [4.69, 9.17) is 16.6 Å². The fraction of sp³-hybridized carbons (Fsp3) is 0.0556. The first-order chi connectivity index (χ1) is 11.2. The second-order valence-corrected chi connectivity index (χ2v) is 6.29. The van der Waals surface area contributed by atoms with E-state index in [9.17, 15) is 0 Å². The van der Waals surface area contributed by atoms with E-state index in [1.165, 1.54) is 0 Å². The van der Waals surface area contributed by atoms with Crippen LogP contribution in [-0.2, 0) is 0 Å². The Kier molecular flexibility index (Phi) is 5.10. The Morgan fingerprint density at radius 1 is 1.00 bits per heavy atom. The lowest BCUT2D eigenvalue weighted by Gasteiger charge is -2.19. The minimum Gasteiger partial charge on any atom is -0.467 e. The summed E-state index contributed by atoms with van der Waals surface area (Å²) < 4.78 is 6.56. The van der Waals surface area contributed by atoms with Crippen LogP contribution in [0.1, 0.15) is 17.4 Å². The zero-order valence-corrected chi connectivity index (χ0v) is 14.6. The van der Waals surface area contributed by atoms with Crippen molar-refractivity contribution in [2.75, 3.05) is 5.32 Å². The van der Waals surface area contributed by atoms with Crippen LogP contribution in [0.25, 0.3) is 0 Å². The SMILES string of the molecule is S=C(Nc1cccc(Br)c1)N[C@H](c1ccccc1)c1ccco1. The van der Waals surface area contributed by atoms with Gasteiger partial charge in [-0.2, -0.15) is 0 Å². The van der Waals surface area contributed by atoms with Gasteiger partial charge in [0.05, 0.1) is 6.26 Å². The Morgan fingerprint density at radius 2 is 1.83 bits per heavy atom. The number of rotatable bonds is 4. The van der Waals surface area contributed by atoms with Gasteiger partial charge < -0.3 is 15.1 Å². The first-order valence-corrected chi connectivity index (χ1v) is 8.34. The number of furan rings is 1. The molecule has 0 bridgehead atoms. The number of halogens is 1. The molecule has 2 aromatic carbocycles. The highest BCUT2D eigenvalue weighted by Crippen LogP contribution is 2.23. The van der Waals surface area contributed by atoms with Crippen molar-refractivity contribution in [3.63, 3.8) is 0 Å². The number of anilines is 1. The molecule has 2 N–H and O–H groups in total. The van der Waals surface area contributed by atoms with E-state index in [0.29, 0.717) is 5.11 Å². The lowest BCUT2D eigenvalue weighted by atomic mass is 10.1. The first kappa shape index (κ1) is 15.8. The molecule has 3 rings (SSSR count). The molecular weight excluding hydrogens is 372 g/mol. The summed E-state index contributed by atoms with van der Waals surface area (Å²) in [5.74, 6) is 0.814. The molecule has 0 aliphatic carbocycles. The Hall–Kier alpha value is -2.11. The molecule has 0 amide bonds. The summed E-state index contributed by atoms with van der Waals surface area (Å²) in [6.45, 7) is 0. The fourth-order valence-corrected chi connectivity index (χ4v) is 2.92. The molecule has 0 fully saturated rings. The molecule has 1 heterocycles. The third kappa shape index (κ3) is 4.21. The van der Waals surface area contributed by atoms with Crippen LogP contribution in [-0.4, -0.2) is 5.11 Å². The summed E-state index contributed by atoms with van der Waals surface area (Å²) in [6, 6.07) is 21.6. The number of thiocarbonyl (C=S) groups is 1. The Labute approximate surface area is 148 Å².